The first-order chi connectivity index (χ1) is 9.47. The Bertz CT molecular complexity index is 509. The van der Waals surface area contributed by atoms with E-state index in [2.05, 4.69) is 0 Å². The predicted molar refractivity (Wildman–Crippen MR) is 67.8 cm³/mol. The van der Waals surface area contributed by atoms with Crippen LogP contribution in [-0.2, 0) is 4.79 Å². The van der Waals surface area contributed by atoms with Crippen molar-refractivity contribution in [1.29, 1.82) is 0 Å². The average molecular weight is 284 g/mol. The quantitative estimate of drug-likeness (QED) is 0.672. The molecule has 0 amide bonds. The van der Waals surface area contributed by atoms with Crippen molar-refractivity contribution in [3.8, 4) is 0 Å². The van der Waals surface area contributed by atoms with Gasteiger partial charge in [-0.25, -0.2) is 18.0 Å². The molecule has 1 saturated carbocycles. The minimum Gasteiger partial charge on any atom is -0.478 e. The molecular weight excluding hydrogens is 269 g/mol. The lowest BCUT2D eigenvalue weighted by molar-refractivity contribution is -0.131. The third kappa shape index (κ3) is 3.40. The SMILES string of the molecule is O=C(O)C=CC1CCC(c2cc(F)c(F)c(F)c2)CC1. The lowest BCUT2D eigenvalue weighted by Crippen LogP contribution is -2.13. The Morgan fingerprint density at radius 1 is 1.10 bits per heavy atom. The second-order valence-corrected chi connectivity index (χ2v) is 5.11. The molecule has 1 fully saturated rings. The Labute approximate surface area is 114 Å². The highest BCUT2D eigenvalue weighted by Gasteiger charge is 2.23. The van der Waals surface area contributed by atoms with E-state index in [0.29, 0.717) is 18.4 Å². The van der Waals surface area contributed by atoms with Crippen molar-refractivity contribution in [2.75, 3.05) is 0 Å². The van der Waals surface area contributed by atoms with Crippen molar-refractivity contribution >= 4 is 5.97 Å². The van der Waals surface area contributed by atoms with Crippen molar-refractivity contribution in [3.63, 3.8) is 0 Å². The molecule has 0 radical (unpaired) electrons. The summed E-state index contributed by atoms with van der Waals surface area (Å²) < 4.78 is 39.3. The summed E-state index contributed by atoms with van der Waals surface area (Å²) in [7, 11) is 0. The first-order valence-corrected chi connectivity index (χ1v) is 6.53. The van der Waals surface area contributed by atoms with Gasteiger partial charge in [-0.15, -0.1) is 0 Å². The van der Waals surface area contributed by atoms with Crippen molar-refractivity contribution in [2.24, 2.45) is 5.92 Å². The van der Waals surface area contributed by atoms with E-state index in [0.717, 1.165) is 31.1 Å². The first-order valence-electron chi connectivity index (χ1n) is 6.53. The van der Waals surface area contributed by atoms with Crippen molar-refractivity contribution in [3.05, 3.63) is 47.3 Å². The molecule has 0 saturated heterocycles. The molecule has 0 spiro atoms. The molecule has 1 aromatic rings. The predicted octanol–water partition coefficient (Wildman–Crippen LogP) is 4.02. The van der Waals surface area contributed by atoms with Gasteiger partial charge < -0.3 is 5.11 Å². The van der Waals surface area contributed by atoms with Gasteiger partial charge in [0.25, 0.3) is 0 Å². The zero-order valence-corrected chi connectivity index (χ0v) is 10.8. The first kappa shape index (κ1) is 14.6. The van der Waals surface area contributed by atoms with E-state index in [1.54, 1.807) is 6.08 Å². The van der Waals surface area contributed by atoms with Crippen LogP contribution >= 0.6 is 0 Å². The third-order valence-corrected chi connectivity index (χ3v) is 3.76. The van der Waals surface area contributed by atoms with Gasteiger partial charge in [-0.1, -0.05) is 6.08 Å². The molecule has 5 heteroatoms. The molecule has 1 aliphatic rings. The highest BCUT2D eigenvalue weighted by molar-refractivity contribution is 5.79. The van der Waals surface area contributed by atoms with Gasteiger partial charge in [-0.2, -0.15) is 0 Å². The van der Waals surface area contributed by atoms with Crippen LogP contribution < -0.4 is 0 Å². The number of aliphatic carboxylic acids is 1. The lowest BCUT2D eigenvalue weighted by Gasteiger charge is -2.27. The smallest absolute Gasteiger partial charge is 0.327 e. The van der Waals surface area contributed by atoms with E-state index < -0.39 is 23.4 Å². The minimum atomic E-state index is -1.44. The van der Waals surface area contributed by atoms with Crippen LogP contribution in [0.4, 0.5) is 13.2 Å². The Hall–Kier alpha value is -1.78. The average Bonchev–Trinajstić information content (AvgIpc) is 2.42. The molecule has 0 heterocycles. The fraction of sp³-hybridized carbons (Fsp3) is 0.400. The second-order valence-electron chi connectivity index (χ2n) is 5.11. The van der Waals surface area contributed by atoms with Crippen LogP contribution in [-0.4, -0.2) is 11.1 Å². The van der Waals surface area contributed by atoms with Gasteiger partial charge in [0.05, 0.1) is 0 Å². The van der Waals surface area contributed by atoms with Crippen molar-refractivity contribution in [1.82, 2.24) is 0 Å². The summed E-state index contributed by atoms with van der Waals surface area (Å²) in [5, 5.41) is 8.56. The lowest BCUT2D eigenvalue weighted by atomic mass is 9.78. The number of carboxylic acids is 1. The number of benzene rings is 1. The zero-order chi connectivity index (χ0) is 14.7. The Kier molecular flexibility index (Phi) is 4.47. The molecule has 20 heavy (non-hydrogen) atoms. The van der Waals surface area contributed by atoms with Gasteiger partial charge in [-0.05, 0) is 55.2 Å². The Balaban J connectivity index is 2.02. The molecule has 1 N–H and O–H groups in total. The van der Waals surface area contributed by atoms with Crippen LogP contribution in [0.1, 0.15) is 37.2 Å². The summed E-state index contributed by atoms with van der Waals surface area (Å²) in [6.07, 6.45) is 5.72. The molecule has 108 valence electrons. The molecule has 0 aliphatic heterocycles. The monoisotopic (exact) mass is 284 g/mol. The number of carboxylic acid groups (broad SMARTS) is 1. The summed E-state index contributed by atoms with van der Waals surface area (Å²) in [4.78, 5) is 10.4. The maximum absolute atomic E-state index is 13.2. The number of allylic oxidation sites excluding steroid dienone is 1. The number of carbonyl (C=O) groups is 1. The highest BCUT2D eigenvalue weighted by Crippen LogP contribution is 2.37. The molecule has 1 aromatic carbocycles. The van der Waals surface area contributed by atoms with Crippen molar-refractivity contribution in [2.45, 2.75) is 31.6 Å². The summed E-state index contributed by atoms with van der Waals surface area (Å²) in [5.74, 6) is -4.56. The van der Waals surface area contributed by atoms with Crippen LogP contribution in [0.5, 0.6) is 0 Å². The summed E-state index contributed by atoms with van der Waals surface area (Å²) in [5.41, 5.74) is 0.474. The van der Waals surface area contributed by atoms with E-state index in [1.807, 2.05) is 0 Å². The number of rotatable bonds is 3. The molecule has 2 rings (SSSR count). The van der Waals surface area contributed by atoms with Gasteiger partial charge in [0.1, 0.15) is 0 Å². The summed E-state index contributed by atoms with van der Waals surface area (Å²) >= 11 is 0. The molecule has 2 nitrogen and oxygen atoms in total. The van der Waals surface area contributed by atoms with Crippen LogP contribution in [0.2, 0.25) is 0 Å². The van der Waals surface area contributed by atoms with E-state index in [-0.39, 0.29) is 11.8 Å². The standard InChI is InChI=1S/C15H15F3O2/c16-12-7-11(8-13(17)15(12)18)10-4-1-9(2-5-10)3-6-14(19)20/h3,6-10H,1-2,4-5H2,(H,19,20). The summed E-state index contributed by atoms with van der Waals surface area (Å²) in [6, 6.07) is 2.10. The number of hydrogen-bond donors (Lipinski definition) is 1. The third-order valence-electron chi connectivity index (χ3n) is 3.76. The van der Waals surface area contributed by atoms with E-state index >= 15 is 0 Å². The molecule has 0 aromatic heterocycles. The van der Waals surface area contributed by atoms with Gasteiger partial charge in [0.15, 0.2) is 17.5 Å². The van der Waals surface area contributed by atoms with Gasteiger partial charge in [0.2, 0.25) is 0 Å². The van der Waals surface area contributed by atoms with Gasteiger partial charge in [-0.3, -0.25) is 0 Å². The highest BCUT2D eigenvalue weighted by atomic mass is 19.2. The largest absolute Gasteiger partial charge is 0.478 e. The van der Waals surface area contributed by atoms with E-state index in [1.165, 1.54) is 0 Å². The maximum Gasteiger partial charge on any atom is 0.327 e. The Morgan fingerprint density at radius 2 is 1.65 bits per heavy atom. The van der Waals surface area contributed by atoms with Gasteiger partial charge >= 0.3 is 5.97 Å². The number of hydrogen-bond acceptors (Lipinski definition) is 1. The fourth-order valence-electron chi connectivity index (χ4n) is 2.67. The molecule has 0 unspecified atom stereocenters. The minimum absolute atomic E-state index is 0.00548. The van der Waals surface area contributed by atoms with Crippen LogP contribution in [0.25, 0.3) is 0 Å². The van der Waals surface area contributed by atoms with Crippen LogP contribution in [0, 0.1) is 23.4 Å². The van der Waals surface area contributed by atoms with Crippen molar-refractivity contribution < 1.29 is 23.1 Å². The molecule has 0 bridgehead atoms. The topological polar surface area (TPSA) is 37.3 Å². The fourth-order valence-corrected chi connectivity index (χ4v) is 2.67. The summed E-state index contributed by atoms with van der Waals surface area (Å²) in [6.45, 7) is 0. The van der Waals surface area contributed by atoms with Gasteiger partial charge in [0, 0.05) is 6.08 Å². The van der Waals surface area contributed by atoms with E-state index in [9.17, 15) is 18.0 Å². The Morgan fingerprint density at radius 3 is 2.15 bits per heavy atom. The zero-order valence-electron chi connectivity index (χ0n) is 10.8. The molecular formula is C15H15F3O2. The maximum atomic E-state index is 13.2. The van der Waals surface area contributed by atoms with E-state index in [4.69, 9.17) is 5.11 Å². The molecule has 1 aliphatic carbocycles. The second kappa shape index (κ2) is 6.11. The number of halogens is 3. The normalized spacial score (nSPS) is 23.1. The van der Waals surface area contributed by atoms with Crippen LogP contribution in [0.3, 0.4) is 0 Å². The van der Waals surface area contributed by atoms with Crippen LogP contribution in [0.15, 0.2) is 24.3 Å². The molecule has 0 atom stereocenters.